The highest BCUT2D eigenvalue weighted by molar-refractivity contribution is 7.92. The van der Waals surface area contributed by atoms with Crippen LogP contribution in [0.1, 0.15) is 32.0 Å². The molecule has 0 aromatic carbocycles. The molecule has 9 heteroatoms. The van der Waals surface area contributed by atoms with Gasteiger partial charge in [0, 0.05) is 30.6 Å². The van der Waals surface area contributed by atoms with Gasteiger partial charge in [-0.2, -0.15) is 0 Å². The Kier molecular flexibility index (Phi) is 5.58. The van der Waals surface area contributed by atoms with Crippen LogP contribution in [0.4, 0.5) is 11.8 Å². The zero-order valence-corrected chi connectivity index (χ0v) is 17.6. The average Bonchev–Trinajstić information content (AvgIpc) is 2.68. The third-order valence-electron chi connectivity index (χ3n) is 5.19. The average molecular weight is 406 g/mol. The topological polar surface area (TPSA) is 111 Å². The molecule has 2 N–H and O–H groups in total. The molecule has 0 aliphatic carbocycles. The van der Waals surface area contributed by atoms with Gasteiger partial charge in [-0.1, -0.05) is 6.92 Å². The lowest BCUT2D eigenvalue weighted by Crippen LogP contribution is -2.38. The first-order valence-electron chi connectivity index (χ1n) is 9.32. The summed E-state index contributed by atoms with van der Waals surface area (Å²) in [6.07, 6.45) is 1.67. The number of rotatable bonds is 5. The molecule has 1 aliphatic rings. The summed E-state index contributed by atoms with van der Waals surface area (Å²) in [5.74, 6) is 0.971. The summed E-state index contributed by atoms with van der Waals surface area (Å²) in [6, 6.07) is 3.52. The number of morpholine rings is 1. The highest BCUT2D eigenvalue weighted by atomic mass is 32.2. The van der Waals surface area contributed by atoms with Gasteiger partial charge in [0.1, 0.15) is 10.6 Å². The Morgan fingerprint density at radius 3 is 2.50 bits per heavy atom. The molecule has 0 amide bonds. The molecule has 3 heterocycles. The first-order chi connectivity index (χ1) is 13.2. The highest BCUT2D eigenvalue weighted by Gasteiger charge is 2.37. The van der Waals surface area contributed by atoms with Gasteiger partial charge >= 0.3 is 0 Å². The van der Waals surface area contributed by atoms with Gasteiger partial charge in [-0.05, 0) is 38.5 Å². The van der Waals surface area contributed by atoms with E-state index in [2.05, 4.69) is 9.97 Å². The van der Waals surface area contributed by atoms with E-state index >= 15 is 0 Å². The number of nitrogen functional groups attached to an aromatic ring is 1. The Bertz CT molecular complexity index is 970. The van der Waals surface area contributed by atoms with Crippen LogP contribution in [-0.2, 0) is 19.3 Å². The molecule has 0 saturated carbocycles. The van der Waals surface area contributed by atoms with Crippen LogP contribution < -0.4 is 10.6 Å². The number of pyridine rings is 1. The van der Waals surface area contributed by atoms with Crippen molar-refractivity contribution in [3.8, 4) is 11.3 Å². The highest BCUT2D eigenvalue weighted by Crippen LogP contribution is 2.33. The van der Waals surface area contributed by atoms with Crippen molar-refractivity contribution >= 4 is 21.6 Å². The second-order valence-corrected chi connectivity index (χ2v) is 10.2. The van der Waals surface area contributed by atoms with Gasteiger partial charge in [0.25, 0.3) is 0 Å². The largest absolute Gasteiger partial charge is 0.384 e. The van der Waals surface area contributed by atoms with Gasteiger partial charge in [0.05, 0.1) is 24.6 Å². The Balaban J connectivity index is 2.19. The lowest BCUT2D eigenvalue weighted by molar-refractivity contribution is 0.122. The van der Waals surface area contributed by atoms with Crippen LogP contribution in [0.5, 0.6) is 0 Å². The van der Waals surface area contributed by atoms with E-state index in [1.165, 1.54) is 0 Å². The second-order valence-electron chi connectivity index (χ2n) is 7.38. The molecule has 3 rings (SSSR count). The summed E-state index contributed by atoms with van der Waals surface area (Å²) in [4.78, 5) is 15.6. The fourth-order valence-electron chi connectivity index (χ4n) is 3.15. The van der Waals surface area contributed by atoms with E-state index in [-0.39, 0.29) is 5.75 Å². The molecule has 0 unspecified atom stereocenters. The zero-order valence-electron chi connectivity index (χ0n) is 16.8. The first-order valence-corrected chi connectivity index (χ1v) is 11.0. The van der Waals surface area contributed by atoms with Crippen LogP contribution in [0.15, 0.2) is 18.3 Å². The molecule has 152 valence electrons. The van der Waals surface area contributed by atoms with Crippen LogP contribution in [-0.4, -0.2) is 55.4 Å². The Labute approximate surface area is 166 Å². The quantitative estimate of drug-likeness (QED) is 0.803. The van der Waals surface area contributed by atoms with Gasteiger partial charge in [-0.3, -0.25) is 0 Å². The molecule has 1 saturated heterocycles. The standard InChI is InChI=1S/C19H27N5O3S/c1-5-28(25,26)19(3,4)16-11-15(14-12-21-17(20)10-13(14)2)22-18(23-16)24-6-8-27-9-7-24/h10-12H,5-9H2,1-4H3,(H2,20,21). The third kappa shape index (κ3) is 3.81. The van der Waals surface area contributed by atoms with Crippen molar-refractivity contribution in [2.24, 2.45) is 0 Å². The first kappa shape index (κ1) is 20.5. The predicted molar refractivity (Wildman–Crippen MR) is 110 cm³/mol. The Hall–Kier alpha value is -2.26. The minimum Gasteiger partial charge on any atom is -0.384 e. The summed E-state index contributed by atoms with van der Waals surface area (Å²) in [5.41, 5.74) is 8.61. The van der Waals surface area contributed by atoms with Crippen LogP contribution in [0, 0.1) is 6.92 Å². The number of aryl methyl sites for hydroxylation is 1. The van der Waals surface area contributed by atoms with E-state index in [9.17, 15) is 8.42 Å². The van der Waals surface area contributed by atoms with Crippen LogP contribution >= 0.6 is 0 Å². The molecular weight excluding hydrogens is 378 g/mol. The fourth-order valence-corrected chi connectivity index (χ4v) is 4.30. The number of hydrogen-bond acceptors (Lipinski definition) is 8. The van der Waals surface area contributed by atoms with Crippen LogP contribution in [0.25, 0.3) is 11.3 Å². The Morgan fingerprint density at radius 2 is 1.89 bits per heavy atom. The number of nitrogens with zero attached hydrogens (tertiary/aromatic N) is 4. The van der Waals surface area contributed by atoms with Crippen molar-refractivity contribution in [2.75, 3.05) is 42.7 Å². The van der Waals surface area contributed by atoms with Gasteiger partial charge in [0.15, 0.2) is 9.84 Å². The Morgan fingerprint density at radius 1 is 1.21 bits per heavy atom. The summed E-state index contributed by atoms with van der Waals surface area (Å²) >= 11 is 0. The van der Waals surface area contributed by atoms with E-state index < -0.39 is 14.6 Å². The minimum absolute atomic E-state index is 0.0364. The van der Waals surface area contributed by atoms with Crippen LogP contribution in [0.3, 0.4) is 0 Å². The molecule has 8 nitrogen and oxygen atoms in total. The maximum Gasteiger partial charge on any atom is 0.226 e. The molecule has 2 aromatic rings. The van der Waals surface area contributed by atoms with Crippen molar-refractivity contribution < 1.29 is 13.2 Å². The van der Waals surface area contributed by atoms with Gasteiger partial charge in [-0.25, -0.2) is 23.4 Å². The molecule has 0 spiro atoms. The predicted octanol–water partition coefficient (Wildman–Crippen LogP) is 1.94. The molecule has 0 radical (unpaired) electrons. The van der Waals surface area contributed by atoms with E-state index in [1.54, 1.807) is 39.1 Å². The number of anilines is 2. The molecule has 1 fully saturated rings. The second kappa shape index (κ2) is 7.63. The number of nitrogens with two attached hydrogens (primary N) is 1. The third-order valence-corrected chi connectivity index (χ3v) is 7.71. The lowest BCUT2D eigenvalue weighted by Gasteiger charge is -2.30. The summed E-state index contributed by atoms with van der Waals surface area (Å²) < 4.78 is 29.8. The van der Waals surface area contributed by atoms with E-state index in [0.29, 0.717) is 49.5 Å². The molecule has 2 aromatic heterocycles. The van der Waals surface area contributed by atoms with E-state index in [4.69, 9.17) is 15.5 Å². The van der Waals surface area contributed by atoms with Crippen LogP contribution in [0.2, 0.25) is 0 Å². The van der Waals surface area contributed by atoms with Gasteiger partial charge in [-0.15, -0.1) is 0 Å². The number of aromatic nitrogens is 3. The molecule has 1 aliphatic heterocycles. The summed E-state index contributed by atoms with van der Waals surface area (Å²) in [7, 11) is -3.38. The molecule has 28 heavy (non-hydrogen) atoms. The van der Waals surface area contributed by atoms with Crippen molar-refractivity contribution in [3.05, 3.63) is 29.6 Å². The molecule has 0 atom stereocenters. The van der Waals surface area contributed by atoms with Gasteiger partial charge < -0.3 is 15.4 Å². The summed E-state index contributed by atoms with van der Waals surface area (Å²) in [6.45, 7) is 9.44. The SMILES string of the molecule is CCS(=O)(=O)C(C)(C)c1cc(-c2cnc(N)cc2C)nc(N2CCOCC2)n1. The number of ether oxygens (including phenoxy) is 1. The zero-order chi connectivity index (χ0) is 20.5. The summed E-state index contributed by atoms with van der Waals surface area (Å²) in [5, 5.41) is 0. The van der Waals surface area contributed by atoms with Crippen molar-refractivity contribution in [1.29, 1.82) is 0 Å². The van der Waals surface area contributed by atoms with Crippen molar-refractivity contribution in [1.82, 2.24) is 15.0 Å². The number of sulfone groups is 1. The molecular formula is C19H27N5O3S. The molecule has 0 bridgehead atoms. The van der Waals surface area contributed by atoms with Crippen molar-refractivity contribution in [3.63, 3.8) is 0 Å². The lowest BCUT2D eigenvalue weighted by atomic mass is 10.0. The van der Waals surface area contributed by atoms with Crippen molar-refractivity contribution in [2.45, 2.75) is 32.4 Å². The monoisotopic (exact) mass is 405 g/mol. The minimum atomic E-state index is -3.38. The van der Waals surface area contributed by atoms with Gasteiger partial charge in [0.2, 0.25) is 5.95 Å². The van der Waals surface area contributed by atoms with E-state index in [1.807, 2.05) is 11.8 Å². The fraction of sp³-hybridized carbons (Fsp3) is 0.526. The smallest absolute Gasteiger partial charge is 0.226 e. The maximum atomic E-state index is 12.7. The van der Waals surface area contributed by atoms with E-state index in [0.717, 1.165) is 11.1 Å². The maximum absolute atomic E-state index is 12.7. The number of hydrogen-bond donors (Lipinski definition) is 1. The normalized spacial score (nSPS) is 15.6.